The van der Waals surface area contributed by atoms with Crippen molar-refractivity contribution in [2.24, 2.45) is 0 Å². The highest BCUT2D eigenvalue weighted by atomic mass is 16.6. The lowest BCUT2D eigenvalue weighted by Gasteiger charge is -2.11. The quantitative estimate of drug-likeness (QED) is 0.257. The number of nitrogens with zero attached hydrogens (tertiary/aromatic N) is 1. The second-order valence-electron chi connectivity index (χ2n) is 8.33. The molecule has 0 fully saturated rings. The Kier molecular flexibility index (Phi) is 6.10. The Hall–Kier alpha value is -4.32. The maximum atomic E-state index is 13.0. The third-order valence-electron chi connectivity index (χ3n) is 6.07. The fraction of sp³-hybridized carbons (Fsp3) is 0.172. The van der Waals surface area contributed by atoms with Crippen LogP contribution < -0.4 is 9.47 Å². The van der Waals surface area contributed by atoms with Crippen molar-refractivity contribution in [3.05, 3.63) is 101 Å². The summed E-state index contributed by atoms with van der Waals surface area (Å²) in [5.74, 6) is 0.540. The Morgan fingerprint density at radius 1 is 1.03 bits per heavy atom. The summed E-state index contributed by atoms with van der Waals surface area (Å²) in [7, 11) is 0. The monoisotopic (exact) mass is 467 g/mol. The van der Waals surface area contributed by atoms with E-state index in [9.17, 15) is 9.59 Å². The summed E-state index contributed by atoms with van der Waals surface area (Å²) < 4.78 is 19.1. The van der Waals surface area contributed by atoms with Crippen molar-refractivity contribution in [2.75, 3.05) is 6.61 Å². The van der Waals surface area contributed by atoms with E-state index in [4.69, 9.17) is 14.2 Å². The largest absolute Gasteiger partial charge is 0.481 e. The van der Waals surface area contributed by atoms with Crippen molar-refractivity contribution in [1.82, 2.24) is 4.57 Å². The van der Waals surface area contributed by atoms with Gasteiger partial charge in [0.15, 0.2) is 12.4 Å². The van der Waals surface area contributed by atoms with E-state index in [0.29, 0.717) is 22.6 Å². The van der Waals surface area contributed by atoms with Crippen LogP contribution in [-0.2, 0) is 22.7 Å². The van der Waals surface area contributed by atoms with Crippen LogP contribution in [0.1, 0.15) is 34.0 Å². The van der Waals surface area contributed by atoms with Gasteiger partial charge in [-0.3, -0.25) is 4.79 Å². The lowest BCUT2D eigenvalue weighted by atomic mass is 10.1. The number of Topliss-reactive ketones (excluding diaryl/α,β-unsaturated/α-hetero) is 1. The van der Waals surface area contributed by atoms with Crippen LogP contribution in [0.4, 0.5) is 0 Å². The SMILES string of the molecule is CCn1cc(/C=C2\Oc3c(ccc(OCC(=O)OCc4ccccc4)c3C)C2=O)c2ccccc21. The van der Waals surface area contributed by atoms with E-state index in [1.165, 1.54) is 0 Å². The molecule has 0 unspecified atom stereocenters. The second-order valence-corrected chi connectivity index (χ2v) is 8.33. The smallest absolute Gasteiger partial charge is 0.344 e. The summed E-state index contributed by atoms with van der Waals surface area (Å²) in [5, 5.41) is 1.06. The molecule has 1 aliphatic rings. The molecule has 4 aromatic rings. The number of aryl methyl sites for hydroxylation is 1. The molecule has 0 bridgehead atoms. The van der Waals surface area contributed by atoms with Gasteiger partial charge in [0.2, 0.25) is 5.78 Å². The number of hydrogen-bond acceptors (Lipinski definition) is 5. The normalized spacial score (nSPS) is 13.7. The van der Waals surface area contributed by atoms with E-state index in [-0.39, 0.29) is 24.8 Å². The number of esters is 1. The third-order valence-corrected chi connectivity index (χ3v) is 6.07. The lowest BCUT2D eigenvalue weighted by Crippen LogP contribution is -2.15. The number of ether oxygens (including phenoxy) is 3. The van der Waals surface area contributed by atoms with Crippen LogP contribution in [0.25, 0.3) is 17.0 Å². The van der Waals surface area contributed by atoms with Crippen LogP contribution in [0.2, 0.25) is 0 Å². The van der Waals surface area contributed by atoms with Crippen molar-refractivity contribution in [3.63, 3.8) is 0 Å². The Labute approximate surface area is 203 Å². The van der Waals surface area contributed by atoms with Crippen LogP contribution in [0.15, 0.2) is 78.7 Å². The van der Waals surface area contributed by atoms with Gasteiger partial charge in [-0.15, -0.1) is 0 Å². The molecule has 3 aromatic carbocycles. The molecule has 2 heterocycles. The molecule has 0 amide bonds. The van der Waals surface area contributed by atoms with E-state index in [0.717, 1.165) is 28.6 Å². The van der Waals surface area contributed by atoms with Gasteiger partial charge in [0.25, 0.3) is 0 Å². The van der Waals surface area contributed by atoms with Crippen LogP contribution >= 0.6 is 0 Å². The first kappa shape index (κ1) is 22.5. The number of carbonyl (C=O) groups is 2. The Morgan fingerprint density at radius 3 is 2.60 bits per heavy atom. The zero-order chi connectivity index (χ0) is 24.4. The van der Waals surface area contributed by atoms with E-state index in [1.54, 1.807) is 18.2 Å². The molecule has 0 spiro atoms. The van der Waals surface area contributed by atoms with Gasteiger partial charge < -0.3 is 18.8 Å². The number of benzene rings is 3. The number of aromatic nitrogens is 1. The maximum absolute atomic E-state index is 13.0. The molecule has 0 N–H and O–H groups in total. The number of allylic oxidation sites excluding steroid dienone is 1. The zero-order valence-electron chi connectivity index (χ0n) is 19.6. The second kappa shape index (κ2) is 9.50. The minimum absolute atomic E-state index is 0.176. The van der Waals surface area contributed by atoms with Gasteiger partial charge in [-0.05, 0) is 43.7 Å². The van der Waals surface area contributed by atoms with E-state index >= 15 is 0 Å². The summed E-state index contributed by atoms with van der Waals surface area (Å²) in [5.41, 5.74) is 4.07. The lowest BCUT2D eigenvalue weighted by molar-refractivity contribution is -0.147. The predicted octanol–water partition coefficient (Wildman–Crippen LogP) is 5.71. The van der Waals surface area contributed by atoms with Gasteiger partial charge in [-0.2, -0.15) is 0 Å². The predicted molar refractivity (Wildman–Crippen MR) is 133 cm³/mol. The number of para-hydroxylation sites is 1. The Balaban J connectivity index is 1.31. The van der Waals surface area contributed by atoms with Gasteiger partial charge in [-0.1, -0.05) is 48.5 Å². The van der Waals surface area contributed by atoms with Gasteiger partial charge in [0.1, 0.15) is 18.1 Å². The molecule has 0 aliphatic carbocycles. The molecule has 1 aliphatic heterocycles. The summed E-state index contributed by atoms with van der Waals surface area (Å²) in [6.45, 7) is 4.67. The summed E-state index contributed by atoms with van der Waals surface area (Å²) >= 11 is 0. The molecule has 5 rings (SSSR count). The van der Waals surface area contributed by atoms with E-state index in [2.05, 4.69) is 17.6 Å². The minimum Gasteiger partial charge on any atom is -0.481 e. The van der Waals surface area contributed by atoms with E-state index < -0.39 is 5.97 Å². The molecular weight excluding hydrogens is 442 g/mol. The summed E-state index contributed by atoms with van der Waals surface area (Å²) in [6.07, 6.45) is 3.82. The van der Waals surface area contributed by atoms with Crippen LogP contribution in [0.5, 0.6) is 11.5 Å². The molecule has 6 nitrogen and oxygen atoms in total. The molecule has 176 valence electrons. The highest BCUT2D eigenvalue weighted by Gasteiger charge is 2.30. The molecule has 6 heteroatoms. The first-order valence-corrected chi connectivity index (χ1v) is 11.5. The fourth-order valence-electron chi connectivity index (χ4n) is 4.23. The fourth-order valence-corrected chi connectivity index (χ4v) is 4.23. The van der Waals surface area contributed by atoms with Gasteiger partial charge in [0.05, 0.1) is 5.56 Å². The number of rotatable bonds is 7. The average Bonchev–Trinajstić information content (AvgIpc) is 3.41. The van der Waals surface area contributed by atoms with Crippen LogP contribution in [-0.4, -0.2) is 22.9 Å². The number of carbonyl (C=O) groups excluding carboxylic acids is 2. The van der Waals surface area contributed by atoms with Crippen molar-refractivity contribution in [2.45, 2.75) is 27.0 Å². The Morgan fingerprint density at radius 2 is 1.80 bits per heavy atom. The molecule has 1 aromatic heterocycles. The van der Waals surface area contributed by atoms with Gasteiger partial charge in [-0.25, -0.2) is 4.79 Å². The molecule has 0 saturated carbocycles. The summed E-state index contributed by atoms with van der Waals surface area (Å²) in [6, 6.07) is 20.9. The van der Waals surface area contributed by atoms with Crippen molar-refractivity contribution in [3.8, 4) is 11.5 Å². The molecule has 0 radical (unpaired) electrons. The van der Waals surface area contributed by atoms with Crippen LogP contribution in [0.3, 0.4) is 0 Å². The van der Waals surface area contributed by atoms with Crippen molar-refractivity contribution in [1.29, 1.82) is 0 Å². The highest BCUT2D eigenvalue weighted by molar-refractivity contribution is 6.15. The zero-order valence-corrected chi connectivity index (χ0v) is 19.6. The maximum Gasteiger partial charge on any atom is 0.344 e. The number of fused-ring (bicyclic) bond motifs is 2. The molecule has 0 saturated heterocycles. The number of hydrogen-bond donors (Lipinski definition) is 0. The topological polar surface area (TPSA) is 66.8 Å². The summed E-state index contributed by atoms with van der Waals surface area (Å²) in [4.78, 5) is 25.2. The van der Waals surface area contributed by atoms with Gasteiger partial charge >= 0.3 is 5.97 Å². The average molecular weight is 468 g/mol. The first-order valence-electron chi connectivity index (χ1n) is 11.5. The third kappa shape index (κ3) is 4.43. The van der Waals surface area contributed by atoms with E-state index in [1.807, 2.05) is 61.7 Å². The number of ketones is 1. The standard InChI is InChI=1S/C29H25NO5/c1-3-30-16-21(22-11-7-8-12-24(22)30)15-26-28(32)23-13-14-25(19(2)29(23)35-26)33-18-27(31)34-17-20-9-5-4-6-10-20/h4-16H,3,17-18H2,1-2H3/b26-15-. The van der Waals surface area contributed by atoms with Crippen LogP contribution in [0, 0.1) is 6.92 Å². The molecule has 35 heavy (non-hydrogen) atoms. The Bertz CT molecular complexity index is 1450. The molecule has 0 atom stereocenters. The highest BCUT2D eigenvalue weighted by Crippen LogP contribution is 2.39. The van der Waals surface area contributed by atoms with Crippen molar-refractivity contribution < 1.29 is 23.8 Å². The molecular formula is C29H25NO5. The minimum atomic E-state index is -0.473. The van der Waals surface area contributed by atoms with Gasteiger partial charge in [0, 0.05) is 34.8 Å². The van der Waals surface area contributed by atoms with Crippen molar-refractivity contribution >= 4 is 28.7 Å². The first-order chi connectivity index (χ1) is 17.0.